The third-order valence-electron chi connectivity index (χ3n) is 3.14. The van der Waals surface area contributed by atoms with Crippen LogP contribution < -0.4 is 4.74 Å². The summed E-state index contributed by atoms with van der Waals surface area (Å²) in [5, 5.41) is 1.95. The zero-order valence-electron chi connectivity index (χ0n) is 12.4. The van der Waals surface area contributed by atoms with E-state index in [2.05, 4.69) is 11.9 Å². The Morgan fingerprint density at radius 1 is 1.43 bits per heavy atom. The van der Waals surface area contributed by atoms with E-state index in [9.17, 15) is 4.79 Å². The zero-order valence-corrected chi connectivity index (χ0v) is 13.2. The summed E-state index contributed by atoms with van der Waals surface area (Å²) in [4.78, 5) is 18.2. The van der Waals surface area contributed by atoms with E-state index in [1.165, 1.54) is 0 Å². The number of carbonyl (C=O) groups is 1. The van der Waals surface area contributed by atoms with E-state index in [-0.39, 0.29) is 5.91 Å². The van der Waals surface area contributed by atoms with E-state index in [1.807, 2.05) is 30.6 Å². The number of ether oxygens (including phenoxy) is 1. The fourth-order valence-electron chi connectivity index (χ4n) is 1.90. The van der Waals surface area contributed by atoms with Gasteiger partial charge >= 0.3 is 0 Å². The van der Waals surface area contributed by atoms with Crippen molar-refractivity contribution >= 4 is 17.2 Å². The lowest BCUT2D eigenvalue weighted by molar-refractivity contribution is 0.0793. The predicted octanol–water partition coefficient (Wildman–Crippen LogP) is 3.59. The Labute approximate surface area is 129 Å². The van der Waals surface area contributed by atoms with Gasteiger partial charge in [0.15, 0.2) is 0 Å². The zero-order chi connectivity index (χ0) is 15.1. The lowest BCUT2D eigenvalue weighted by Crippen LogP contribution is -2.27. The van der Waals surface area contributed by atoms with Crippen LogP contribution in [0.2, 0.25) is 0 Å². The highest BCUT2D eigenvalue weighted by molar-refractivity contribution is 7.07. The molecule has 0 radical (unpaired) electrons. The van der Waals surface area contributed by atoms with Crippen LogP contribution >= 0.6 is 11.3 Å². The van der Waals surface area contributed by atoms with Gasteiger partial charge in [-0.2, -0.15) is 0 Å². The first-order valence-electron chi connectivity index (χ1n) is 7.06. The minimum atomic E-state index is 0.0301. The van der Waals surface area contributed by atoms with Crippen LogP contribution in [-0.2, 0) is 6.61 Å². The molecule has 1 heterocycles. The molecule has 0 saturated heterocycles. The van der Waals surface area contributed by atoms with Crippen molar-refractivity contribution in [2.24, 2.45) is 0 Å². The van der Waals surface area contributed by atoms with Gasteiger partial charge in [-0.15, -0.1) is 11.3 Å². The van der Waals surface area contributed by atoms with Gasteiger partial charge in [0.25, 0.3) is 5.91 Å². The second-order valence-corrected chi connectivity index (χ2v) is 5.60. The number of benzene rings is 1. The third-order valence-corrected chi connectivity index (χ3v) is 3.78. The number of hydrogen-bond donors (Lipinski definition) is 0. The van der Waals surface area contributed by atoms with Crippen LogP contribution in [0.25, 0.3) is 0 Å². The second-order valence-electron chi connectivity index (χ2n) is 4.88. The smallest absolute Gasteiger partial charge is 0.253 e. The van der Waals surface area contributed by atoms with Crippen molar-refractivity contribution in [3.63, 3.8) is 0 Å². The summed E-state index contributed by atoms with van der Waals surface area (Å²) >= 11 is 1.54. The lowest BCUT2D eigenvalue weighted by Gasteiger charge is -2.17. The molecule has 0 atom stereocenters. The van der Waals surface area contributed by atoms with Crippen LogP contribution in [0.1, 0.15) is 35.8 Å². The van der Waals surface area contributed by atoms with Crippen LogP contribution in [0, 0.1) is 0 Å². The van der Waals surface area contributed by atoms with Crippen molar-refractivity contribution in [3.8, 4) is 5.75 Å². The van der Waals surface area contributed by atoms with E-state index in [4.69, 9.17) is 4.74 Å². The van der Waals surface area contributed by atoms with E-state index >= 15 is 0 Å². The number of hydrogen-bond acceptors (Lipinski definition) is 4. The molecule has 2 rings (SSSR count). The van der Waals surface area contributed by atoms with Gasteiger partial charge in [0, 0.05) is 24.5 Å². The molecule has 1 amide bonds. The highest BCUT2D eigenvalue weighted by atomic mass is 32.1. The van der Waals surface area contributed by atoms with Crippen molar-refractivity contribution in [1.82, 2.24) is 9.88 Å². The molecule has 0 aliphatic carbocycles. The molecule has 5 heteroatoms. The first kappa shape index (κ1) is 15.5. The van der Waals surface area contributed by atoms with E-state index in [0.717, 1.165) is 25.1 Å². The Morgan fingerprint density at radius 2 is 2.29 bits per heavy atom. The normalized spacial score (nSPS) is 10.4. The molecule has 0 unspecified atom stereocenters. The summed E-state index contributed by atoms with van der Waals surface area (Å²) in [6, 6.07) is 7.31. The Kier molecular flexibility index (Phi) is 5.75. The summed E-state index contributed by atoms with van der Waals surface area (Å²) in [6.45, 7) is 3.32. The Hall–Kier alpha value is -1.88. The fraction of sp³-hybridized carbons (Fsp3) is 0.375. The van der Waals surface area contributed by atoms with Gasteiger partial charge in [-0.1, -0.05) is 19.4 Å². The molecule has 0 bridgehead atoms. The summed E-state index contributed by atoms with van der Waals surface area (Å²) in [7, 11) is 1.83. The molecule has 0 N–H and O–H groups in total. The van der Waals surface area contributed by atoms with Crippen LogP contribution in [0.3, 0.4) is 0 Å². The van der Waals surface area contributed by atoms with E-state index in [1.54, 1.807) is 27.8 Å². The first-order chi connectivity index (χ1) is 10.2. The predicted molar refractivity (Wildman–Crippen MR) is 84.8 cm³/mol. The van der Waals surface area contributed by atoms with E-state index < -0.39 is 0 Å². The summed E-state index contributed by atoms with van der Waals surface area (Å²) in [5.74, 6) is 0.722. The first-order valence-corrected chi connectivity index (χ1v) is 8.00. The monoisotopic (exact) mass is 304 g/mol. The van der Waals surface area contributed by atoms with Gasteiger partial charge < -0.3 is 9.64 Å². The van der Waals surface area contributed by atoms with Crippen molar-refractivity contribution in [1.29, 1.82) is 0 Å². The molecule has 0 spiro atoms. The molecule has 1 aromatic carbocycles. The van der Waals surface area contributed by atoms with Gasteiger partial charge in [0.05, 0.1) is 11.2 Å². The number of carbonyl (C=O) groups excluding carboxylic acids is 1. The topological polar surface area (TPSA) is 42.4 Å². The number of rotatable bonds is 7. The molecule has 0 saturated carbocycles. The fourth-order valence-corrected chi connectivity index (χ4v) is 2.45. The molecule has 0 fully saturated rings. The van der Waals surface area contributed by atoms with Crippen molar-refractivity contribution in [2.45, 2.75) is 26.4 Å². The largest absolute Gasteiger partial charge is 0.487 e. The molecule has 0 aliphatic rings. The number of thiazole rings is 1. The minimum Gasteiger partial charge on any atom is -0.487 e. The summed E-state index contributed by atoms with van der Waals surface area (Å²) in [6.07, 6.45) is 2.09. The molecule has 2 aromatic rings. The number of aromatic nitrogens is 1. The second kappa shape index (κ2) is 7.78. The van der Waals surface area contributed by atoms with Crippen molar-refractivity contribution in [2.75, 3.05) is 13.6 Å². The maximum Gasteiger partial charge on any atom is 0.253 e. The van der Waals surface area contributed by atoms with Crippen LogP contribution in [-0.4, -0.2) is 29.4 Å². The number of unbranched alkanes of at least 4 members (excludes halogenated alkanes) is 1. The van der Waals surface area contributed by atoms with Crippen LogP contribution in [0.5, 0.6) is 5.75 Å². The average molecular weight is 304 g/mol. The Balaban J connectivity index is 1.98. The summed E-state index contributed by atoms with van der Waals surface area (Å²) < 4.78 is 5.68. The van der Waals surface area contributed by atoms with Crippen LogP contribution in [0.15, 0.2) is 35.2 Å². The lowest BCUT2D eigenvalue weighted by atomic mass is 10.2. The molecule has 4 nitrogen and oxygen atoms in total. The number of amides is 1. The van der Waals surface area contributed by atoms with Crippen molar-refractivity contribution in [3.05, 3.63) is 46.4 Å². The highest BCUT2D eigenvalue weighted by Gasteiger charge is 2.11. The SMILES string of the molecule is CCCCN(C)C(=O)c1cccc(OCc2cscn2)c1. The average Bonchev–Trinajstić information content (AvgIpc) is 3.03. The molecule has 1 aromatic heterocycles. The minimum absolute atomic E-state index is 0.0301. The van der Waals surface area contributed by atoms with Gasteiger partial charge in [0.1, 0.15) is 12.4 Å². The summed E-state index contributed by atoms with van der Waals surface area (Å²) in [5.41, 5.74) is 3.34. The third kappa shape index (κ3) is 4.56. The number of nitrogens with zero attached hydrogens (tertiary/aromatic N) is 2. The van der Waals surface area contributed by atoms with Crippen molar-refractivity contribution < 1.29 is 9.53 Å². The molecule has 0 aliphatic heterocycles. The highest BCUT2D eigenvalue weighted by Crippen LogP contribution is 2.16. The van der Waals surface area contributed by atoms with Gasteiger partial charge in [0.2, 0.25) is 0 Å². The van der Waals surface area contributed by atoms with Crippen LogP contribution in [0.4, 0.5) is 0 Å². The van der Waals surface area contributed by atoms with Gasteiger partial charge in [-0.25, -0.2) is 4.98 Å². The maximum atomic E-state index is 12.3. The Bertz CT molecular complexity index is 569. The standard InChI is InChI=1S/C16H20N2O2S/c1-3-4-8-18(2)16(19)13-6-5-7-15(9-13)20-10-14-11-21-12-17-14/h5-7,9,11-12H,3-4,8,10H2,1-2H3. The maximum absolute atomic E-state index is 12.3. The van der Waals surface area contributed by atoms with E-state index in [0.29, 0.717) is 17.9 Å². The molecular weight excluding hydrogens is 284 g/mol. The van der Waals surface area contributed by atoms with Gasteiger partial charge in [-0.3, -0.25) is 4.79 Å². The molecular formula is C16H20N2O2S. The quantitative estimate of drug-likeness (QED) is 0.785. The molecule has 112 valence electrons. The van der Waals surface area contributed by atoms with Gasteiger partial charge in [-0.05, 0) is 24.6 Å². The Morgan fingerprint density at radius 3 is 3.00 bits per heavy atom. The molecule has 21 heavy (non-hydrogen) atoms.